The molecule has 1 rings (SSSR count). The Labute approximate surface area is 97.2 Å². The Hall–Kier alpha value is -0.940. The average Bonchev–Trinajstić information content (AvgIpc) is 2.63. The van der Waals surface area contributed by atoms with Crippen LogP contribution >= 0.6 is 0 Å². The highest BCUT2D eigenvalue weighted by molar-refractivity contribution is 4.84. The lowest BCUT2D eigenvalue weighted by Crippen LogP contribution is -2.27. The molecule has 0 saturated carbocycles. The van der Waals surface area contributed by atoms with Gasteiger partial charge in [0.25, 0.3) is 0 Å². The fourth-order valence-corrected chi connectivity index (χ4v) is 1.31. The number of nitrogens with one attached hydrogen (secondary N) is 1. The van der Waals surface area contributed by atoms with Gasteiger partial charge in [0.15, 0.2) is 0 Å². The van der Waals surface area contributed by atoms with Gasteiger partial charge in [-0.1, -0.05) is 0 Å². The Morgan fingerprint density at radius 1 is 1.44 bits per heavy atom. The molecule has 1 aromatic heterocycles. The summed E-state index contributed by atoms with van der Waals surface area (Å²) in [5, 5.41) is 11.2. The first-order valence-corrected chi connectivity index (χ1v) is 5.74. The van der Waals surface area contributed by atoms with Gasteiger partial charge in [-0.05, 0) is 27.7 Å². The molecule has 0 aliphatic heterocycles. The van der Waals surface area contributed by atoms with Gasteiger partial charge in [-0.15, -0.1) is 10.2 Å². The van der Waals surface area contributed by atoms with Crippen molar-refractivity contribution in [3.05, 3.63) is 12.2 Å². The minimum absolute atomic E-state index is 0.0644. The third kappa shape index (κ3) is 4.72. The van der Waals surface area contributed by atoms with E-state index in [0.29, 0.717) is 6.61 Å². The third-order valence-electron chi connectivity index (χ3n) is 2.13. The second kappa shape index (κ2) is 5.96. The molecule has 1 N–H and O–H groups in total. The van der Waals surface area contributed by atoms with Crippen LogP contribution < -0.4 is 5.32 Å². The van der Waals surface area contributed by atoms with E-state index in [2.05, 4.69) is 43.2 Å². The second-order valence-corrected chi connectivity index (χ2v) is 4.67. The van der Waals surface area contributed by atoms with Crippen molar-refractivity contribution in [3.8, 4) is 0 Å². The number of aromatic nitrogens is 3. The molecule has 0 aliphatic carbocycles. The molecule has 5 heteroatoms. The highest BCUT2D eigenvalue weighted by Crippen LogP contribution is 2.05. The van der Waals surface area contributed by atoms with Crippen molar-refractivity contribution in [1.82, 2.24) is 20.1 Å². The van der Waals surface area contributed by atoms with Crippen molar-refractivity contribution in [2.75, 3.05) is 13.2 Å². The minimum Gasteiger partial charge on any atom is -0.375 e. The first kappa shape index (κ1) is 13.1. The Balaban J connectivity index is 2.16. The van der Waals surface area contributed by atoms with Gasteiger partial charge in [-0.2, -0.15) is 0 Å². The first-order valence-electron chi connectivity index (χ1n) is 5.74. The summed E-state index contributed by atoms with van der Waals surface area (Å²) < 4.78 is 7.63. The summed E-state index contributed by atoms with van der Waals surface area (Å²) >= 11 is 0. The van der Waals surface area contributed by atoms with Crippen LogP contribution in [0.5, 0.6) is 0 Å². The zero-order chi connectivity index (χ0) is 12.0. The smallest absolute Gasteiger partial charge is 0.146 e. The number of hydrogen-bond acceptors (Lipinski definition) is 4. The molecule has 1 aromatic rings. The Morgan fingerprint density at radius 3 is 2.81 bits per heavy atom. The second-order valence-electron chi connectivity index (χ2n) is 4.67. The van der Waals surface area contributed by atoms with E-state index in [-0.39, 0.29) is 5.60 Å². The molecule has 0 aromatic carbocycles. The predicted octanol–water partition coefficient (Wildman–Crippen LogP) is 1.20. The Kier molecular flexibility index (Phi) is 4.89. The topological polar surface area (TPSA) is 52.0 Å². The van der Waals surface area contributed by atoms with E-state index in [1.165, 1.54) is 0 Å². The molecule has 92 valence electrons. The molecule has 0 spiro atoms. The van der Waals surface area contributed by atoms with Crippen LogP contribution in [-0.4, -0.2) is 33.5 Å². The highest BCUT2D eigenvalue weighted by Gasteiger charge is 2.09. The summed E-state index contributed by atoms with van der Waals surface area (Å²) in [6, 6.07) is 0. The summed E-state index contributed by atoms with van der Waals surface area (Å²) in [4.78, 5) is 0. The quantitative estimate of drug-likeness (QED) is 0.741. The minimum atomic E-state index is -0.0644. The molecule has 0 fully saturated rings. The molecular weight excluding hydrogens is 204 g/mol. The standard InChI is InChI=1S/C11H22N4O/c1-5-15-9-13-14-10(15)8-12-6-7-16-11(2,3)4/h9,12H,5-8H2,1-4H3. The van der Waals surface area contributed by atoms with Crippen molar-refractivity contribution in [2.24, 2.45) is 0 Å². The molecule has 0 atom stereocenters. The lowest BCUT2D eigenvalue weighted by atomic mass is 10.2. The molecule has 1 heterocycles. The van der Waals surface area contributed by atoms with Gasteiger partial charge in [0, 0.05) is 13.1 Å². The Morgan fingerprint density at radius 2 is 2.19 bits per heavy atom. The van der Waals surface area contributed by atoms with Gasteiger partial charge < -0.3 is 14.6 Å². The fourth-order valence-electron chi connectivity index (χ4n) is 1.31. The normalized spacial score (nSPS) is 12.0. The first-order chi connectivity index (χ1) is 7.53. The van der Waals surface area contributed by atoms with E-state index in [4.69, 9.17) is 4.74 Å². The summed E-state index contributed by atoms with van der Waals surface area (Å²) in [7, 11) is 0. The Bertz CT molecular complexity index is 303. The van der Waals surface area contributed by atoms with Crippen molar-refractivity contribution in [2.45, 2.75) is 46.4 Å². The van der Waals surface area contributed by atoms with Crippen molar-refractivity contribution in [3.63, 3.8) is 0 Å². The van der Waals surface area contributed by atoms with Crippen molar-refractivity contribution < 1.29 is 4.74 Å². The summed E-state index contributed by atoms with van der Waals surface area (Å²) in [6.07, 6.45) is 1.75. The van der Waals surface area contributed by atoms with E-state index < -0.39 is 0 Å². The van der Waals surface area contributed by atoms with Gasteiger partial charge in [0.2, 0.25) is 0 Å². The molecule has 0 amide bonds. The van der Waals surface area contributed by atoms with E-state index in [1.807, 2.05) is 4.57 Å². The molecule has 0 unspecified atom stereocenters. The fraction of sp³-hybridized carbons (Fsp3) is 0.818. The number of aryl methyl sites for hydroxylation is 1. The van der Waals surface area contributed by atoms with E-state index in [1.54, 1.807) is 6.33 Å². The van der Waals surface area contributed by atoms with Crippen molar-refractivity contribution >= 4 is 0 Å². The van der Waals surface area contributed by atoms with Crippen LogP contribution in [-0.2, 0) is 17.8 Å². The zero-order valence-corrected chi connectivity index (χ0v) is 10.7. The molecule has 16 heavy (non-hydrogen) atoms. The maximum absolute atomic E-state index is 5.60. The summed E-state index contributed by atoms with van der Waals surface area (Å²) in [6.45, 7) is 11.4. The highest BCUT2D eigenvalue weighted by atomic mass is 16.5. The maximum Gasteiger partial charge on any atom is 0.146 e. The zero-order valence-electron chi connectivity index (χ0n) is 10.7. The van der Waals surface area contributed by atoms with Gasteiger partial charge in [0.05, 0.1) is 18.8 Å². The molecular formula is C11H22N4O. The average molecular weight is 226 g/mol. The number of ether oxygens (including phenoxy) is 1. The van der Waals surface area contributed by atoms with Crippen LogP contribution in [0.25, 0.3) is 0 Å². The number of nitrogens with zero attached hydrogens (tertiary/aromatic N) is 3. The molecule has 0 radical (unpaired) electrons. The van der Waals surface area contributed by atoms with Crippen LogP contribution in [0, 0.1) is 0 Å². The lowest BCUT2D eigenvalue weighted by molar-refractivity contribution is -0.000946. The monoisotopic (exact) mass is 226 g/mol. The molecule has 0 aliphatic rings. The van der Waals surface area contributed by atoms with Crippen LogP contribution in [0.15, 0.2) is 6.33 Å². The van der Waals surface area contributed by atoms with E-state index in [9.17, 15) is 0 Å². The molecule has 0 saturated heterocycles. The summed E-state index contributed by atoms with van der Waals surface area (Å²) in [5.74, 6) is 0.971. The largest absolute Gasteiger partial charge is 0.375 e. The predicted molar refractivity (Wildman–Crippen MR) is 63.1 cm³/mol. The molecule has 0 bridgehead atoms. The van der Waals surface area contributed by atoms with E-state index >= 15 is 0 Å². The number of rotatable bonds is 6. The van der Waals surface area contributed by atoms with E-state index in [0.717, 1.165) is 25.5 Å². The van der Waals surface area contributed by atoms with Crippen LogP contribution in [0.3, 0.4) is 0 Å². The van der Waals surface area contributed by atoms with Crippen molar-refractivity contribution in [1.29, 1.82) is 0 Å². The van der Waals surface area contributed by atoms with Crippen LogP contribution in [0.2, 0.25) is 0 Å². The van der Waals surface area contributed by atoms with Crippen LogP contribution in [0.1, 0.15) is 33.5 Å². The van der Waals surface area contributed by atoms with Gasteiger partial charge in [0.1, 0.15) is 12.2 Å². The van der Waals surface area contributed by atoms with Crippen LogP contribution in [0.4, 0.5) is 0 Å². The SMILES string of the molecule is CCn1cnnc1CNCCOC(C)(C)C. The third-order valence-corrected chi connectivity index (χ3v) is 2.13. The maximum atomic E-state index is 5.60. The van der Waals surface area contributed by atoms with Gasteiger partial charge in [-0.25, -0.2) is 0 Å². The van der Waals surface area contributed by atoms with Gasteiger partial charge in [-0.3, -0.25) is 0 Å². The lowest BCUT2D eigenvalue weighted by Gasteiger charge is -2.19. The van der Waals surface area contributed by atoms with Gasteiger partial charge >= 0.3 is 0 Å². The summed E-state index contributed by atoms with van der Waals surface area (Å²) in [5.41, 5.74) is -0.0644. The molecule has 5 nitrogen and oxygen atoms in total. The number of hydrogen-bond donors (Lipinski definition) is 1.